The van der Waals surface area contributed by atoms with Crippen LogP contribution in [0.15, 0.2) is 41.8 Å². The molecule has 0 N–H and O–H groups in total. The molecule has 1 rings (SSSR count). The van der Waals surface area contributed by atoms with Crippen LogP contribution in [0.25, 0.3) is 0 Å². The maximum Gasteiger partial charge on any atom is 0.178 e. The fourth-order valence-electron chi connectivity index (χ4n) is 1.55. The van der Waals surface area contributed by atoms with Crippen LogP contribution in [0.5, 0.6) is 0 Å². The number of allylic oxidation sites excluding steroid dienone is 1. The second kappa shape index (κ2) is 5.85. The topological polar surface area (TPSA) is 34.1 Å². The molecule has 0 heterocycles. The van der Waals surface area contributed by atoms with Gasteiger partial charge in [0.25, 0.3) is 0 Å². The summed E-state index contributed by atoms with van der Waals surface area (Å²) in [4.78, 5) is 0.441. The molecule has 0 saturated carbocycles. The molecule has 0 spiro atoms. The zero-order valence-corrected chi connectivity index (χ0v) is 10.5. The van der Waals surface area contributed by atoms with E-state index in [1.165, 1.54) is 0 Å². The van der Waals surface area contributed by atoms with E-state index in [2.05, 4.69) is 6.58 Å². The first-order chi connectivity index (χ1) is 7.60. The Kier molecular flexibility index (Phi) is 4.74. The molecule has 0 bridgehead atoms. The molecule has 0 aliphatic rings. The van der Waals surface area contributed by atoms with Gasteiger partial charge in [-0.05, 0) is 37.0 Å². The van der Waals surface area contributed by atoms with E-state index in [4.69, 9.17) is 0 Å². The van der Waals surface area contributed by atoms with Crippen molar-refractivity contribution >= 4 is 9.84 Å². The van der Waals surface area contributed by atoms with E-state index in [-0.39, 0.29) is 5.75 Å². The Morgan fingerprint density at radius 3 is 2.75 bits per heavy atom. The van der Waals surface area contributed by atoms with Crippen molar-refractivity contribution in [3.63, 3.8) is 0 Å². The van der Waals surface area contributed by atoms with Crippen molar-refractivity contribution in [2.75, 3.05) is 5.75 Å². The molecular weight excluding hydrogens is 220 g/mol. The summed E-state index contributed by atoms with van der Waals surface area (Å²) >= 11 is 0. The van der Waals surface area contributed by atoms with Crippen molar-refractivity contribution in [1.29, 1.82) is 0 Å². The average Bonchev–Trinajstić information content (AvgIpc) is 2.27. The maximum absolute atomic E-state index is 11.8. The molecule has 0 atom stereocenters. The SMILES string of the molecule is C=CCCc1cccc(S(=O)(=O)CCC)c1. The Hall–Kier alpha value is -1.09. The Morgan fingerprint density at radius 2 is 2.12 bits per heavy atom. The van der Waals surface area contributed by atoms with Crippen LogP contribution >= 0.6 is 0 Å². The highest BCUT2D eigenvalue weighted by Gasteiger charge is 2.12. The predicted octanol–water partition coefficient (Wildman–Crippen LogP) is 2.99. The van der Waals surface area contributed by atoms with Gasteiger partial charge in [0.1, 0.15) is 0 Å². The number of hydrogen-bond donors (Lipinski definition) is 0. The van der Waals surface area contributed by atoms with Crippen molar-refractivity contribution < 1.29 is 8.42 Å². The van der Waals surface area contributed by atoms with E-state index >= 15 is 0 Å². The maximum atomic E-state index is 11.8. The molecule has 16 heavy (non-hydrogen) atoms. The van der Waals surface area contributed by atoms with Crippen molar-refractivity contribution in [1.82, 2.24) is 0 Å². The van der Waals surface area contributed by atoms with Gasteiger partial charge in [0.2, 0.25) is 0 Å². The average molecular weight is 238 g/mol. The Labute approximate surface area is 97.9 Å². The highest BCUT2D eigenvalue weighted by atomic mass is 32.2. The second-order valence-electron chi connectivity index (χ2n) is 3.79. The van der Waals surface area contributed by atoms with Crippen molar-refractivity contribution in [3.05, 3.63) is 42.5 Å². The molecule has 0 aliphatic carbocycles. The van der Waals surface area contributed by atoms with Crippen molar-refractivity contribution in [2.45, 2.75) is 31.1 Å². The van der Waals surface area contributed by atoms with Crippen LogP contribution in [-0.4, -0.2) is 14.2 Å². The normalized spacial score (nSPS) is 11.3. The number of rotatable bonds is 6. The van der Waals surface area contributed by atoms with E-state index in [1.807, 2.05) is 19.1 Å². The van der Waals surface area contributed by atoms with Crippen LogP contribution in [0.2, 0.25) is 0 Å². The molecule has 0 amide bonds. The summed E-state index contributed by atoms with van der Waals surface area (Å²) in [6.45, 7) is 5.53. The zero-order valence-electron chi connectivity index (χ0n) is 9.65. The predicted molar refractivity (Wildman–Crippen MR) is 67.3 cm³/mol. The Morgan fingerprint density at radius 1 is 1.38 bits per heavy atom. The molecule has 0 unspecified atom stereocenters. The zero-order chi connectivity index (χ0) is 12.0. The minimum atomic E-state index is -3.08. The lowest BCUT2D eigenvalue weighted by molar-refractivity contribution is 0.594. The van der Waals surface area contributed by atoms with Gasteiger partial charge in [0.05, 0.1) is 10.6 Å². The Bertz CT molecular complexity index is 447. The van der Waals surface area contributed by atoms with Gasteiger partial charge >= 0.3 is 0 Å². The van der Waals surface area contributed by atoms with E-state index < -0.39 is 9.84 Å². The van der Waals surface area contributed by atoms with Crippen LogP contribution in [-0.2, 0) is 16.3 Å². The fraction of sp³-hybridized carbons (Fsp3) is 0.385. The third kappa shape index (κ3) is 3.49. The molecular formula is C13H18O2S. The Balaban J connectivity index is 2.93. The first-order valence-corrected chi connectivity index (χ1v) is 7.18. The lowest BCUT2D eigenvalue weighted by atomic mass is 10.1. The minimum Gasteiger partial charge on any atom is -0.224 e. The van der Waals surface area contributed by atoms with Gasteiger partial charge in [0.15, 0.2) is 9.84 Å². The number of aryl methyl sites for hydroxylation is 1. The molecule has 0 saturated heterocycles. The van der Waals surface area contributed by atoms with Crippen LogP contribution in [0.4, 0.5) is 0 Å². The molecule has 0 fully saturated rings. The monoisotopic (exact) mass is 238 g/mol. The molecule has 2 nitrogen and oxygen atoms in total. The van der Waals surface area contributed by atoms with Gasteiger partial charge < -0.3 is 0 Å². The van der Waals surface area contributed by atoms with Gasteiger partial charge in [-0.15, -0.1) is 6.58 Å². The quantitative estimate of drug-likeness (QED) is 0.714. The molecule has 88 valence electrons. The number of benzene rings is 1. The highest BCUT2D eigenvalue weighted by molar-refractivity contribution is 7.91. The van der Waals surface area contributed by atoms with E-state index in [1.54, 1.807) is 18.2 Å². The van der Waals surface area contributed by atoms with Gasteiger partial charge in [-0.1, -0.05) is 25.1 Å². The van der Waals surface area contributed by atoms with Crippen LogP contribution in [0, 0.1) is 0 Å². The number of sulfone groups is 1. The summed E-state index contributed by atoms with van der Waals surface area (Å²) in [5, 5.41) is 0. The first-order valence-electron chi connectivity index (χ1n) is 5.52. The van der Waals surface area contributed by atoms with Crippen molar-refractivity contribution in [2.24, 2.45) is 0 Å². The standard InChI is InChI=1S/C13H18O2S/c1-3-5-7-12-8-6-9-13(11-12)16(14,15)10-4-2/h3,6,8-9,11H,1,4-5,7,10H2,2H3. The summed E-state index contributed by atoms with van der Waals surface area (Å²) in [6.07, 6.45) is 4.21. The summed E-state index contributed by atoms with van der Waals surface area (Å²) in [6, 6.07) is 7.20. The lowest BCUT2D eigenvalue weighted by Crippen LogP contribution is -2.06. The van der Waals surface area contributed by atoms with Gasteiger partial charge in [-0.2, -0.15) is 0 Å². The summed E-state index contributed by atoms with van der Waals surface area (Å²) < 4.78 is 23.7. The summed E-state index contributed by atoms with van der Waals surface area (Å²) in [5.74, 6) is 0.220. The lowest BCUT2D eigenvalue weighted by Gasteiger charge is -2.05. The third-order valence-corrected chi connectivity index (χ3v) is 4.29. The smallest absolute Gasteiger partial charge is 0.178 e. The third-order valence-electron chi connectivity index (χ3n) is 2.37. The van der Waals surface area contributed by atoms with Crippen LogP contribution < -0.4 is 0 Å². The van der Waals surface area contributed by atoms with Crippen molar-refractivity contribution in [3.8, 4) is 0 Å². The minimum absolute atomic E-state index is 0.220. The van der Waals surface area contributed by atoms with E-state index in [9.17, 15) is 8.42 Å². The van der Waals surface area contributed by atoms with Gasteiger partial charge in [-0.3, -0.25) is 0 Å². The van der Waals surface area contributed by atoms with E-state index in [0.29, 0.717) is 11.3 Å². The molecule has 1 aromatic carbocycles. The van der Waals surface area contributed by atoms with Gasteiger partial charge in [0, 0.05) is 0 Å². The fourth-order valence-corrected chi connectivity index (χ4v) is 2.94. The highest BCUT2D eigenvalue weighted by Crippen LogP contribution is 2.15. The molecule has 0 aliphatic heterocycles. The first kappa shape index (κ1) is 13.0. The molecule has 0 radical (unpaired) electrons. The number of hydrogen-bond acceptors (Lipinski definition) is 2. The molecule has 0 aromatic heterocycles. The second-order valence-corrected chi connectivity index (χ2v) is 5.90. The van der Waals surface area contributed by atoms with Crippen LogP contribution in [0.3, 0.4) is 0 Å². The van der Waals surface area contributed by atoms with Gasteiger partial charge in [-0.25, -0.2) is 8.42 Å². The molecule has 3 heteroatoms. The largest absolute Gasteiger partial charge is 0.224 e. The van der Waals surface area contributed by atoms with Crippen LogP contribution in [0.1, 0.15) is 25.3 Å². The van der Waals surface area contributed by atoms with E-state index in [0.717, 1.165) is 18.4 Å². The summed E-state index contributed by atoms with van der Waals surface area (Å²) in [7, 11) is -3.08. The summed E-state index contributed by atoms with van der Waals surface area (Å²) in [5.41, 5.74) is 1.05. The molecule has 1 aromatic rings.